The molecule has 0 spiro atoms. The monoisotopic (exact) mass is 313 g/mol. The highest BCUT2D eigenvalue weighted by Crippen LogP contribution is 2.28. The minimum atomic E-state index is -0.409. The molecule has 5 nitrogen and oxygen atoms in total. The number of nitrogens with one attached hydrogen (secondary N) is 1. The molecule has 2 aromatic rings. The number of aromatic nitrogens is 1. The van der Waals surface area contributed by atoms with Gasteiger partial charge in [0.05, 0.1) is 22.7 Å². The summed E-state index contributed by atoms with van der Waals surface area (Å²) in [6.45, 7) is 0.478. The van der Waals surface area contributed by atoms with Crippen LogP contribution < -0.4 is 5.32 Å². The number of hydrogen-bond acceptors (Lipinski definition) is 5. The maximum absolute atomic E-state index is 10.9. The first-order chi connectivity index (χ1) is 8.16. The van der Waals surface area contributed by atoms with E-state index < -0.39 is 4.92 Å². The zero-order valence-electron chi connectivity index (χ0n) is 8.59. The van der Waals surface area contributed by atoms with Gasteiger partial charge in [0.15, 0.2) is 0 Å². The summed E-state index contributed by atoms with van der Waals surface area (Å²) in [6, 6.07) is 4.91. The summed E-state index contributed by atoms with van der Waals surface area (Å²) < 4.78 is 0.684. The van der Waals surface area contributed by atoms with Crippen molar-refractivity contribution in [1.82, 2.24) is 4.98 Å². The summed E-state index contributed by atoms with van der Waals surface area (Å²) in [5, 5.41) is 15.8. The third-order valence-corrected chi connectivity index (χ3v) is 3.23. The first-order valence-corrected chi connectivity index (χ1v) is 6.45. The lowest BCUT2D eigenvalue weighted by Crippen LogP contribution is -2.02. The molecule has 88 valence electrons. The Morgan fingerprint density at radius 2 is 2.35 bits per heavy atom. The molecule has 0 bridgehead atoms. The van der Waals surface area contributed by atoms with Crippen LogP contribution in [0.25, 0.3) is 0 Å². The molecule has 0 radical (unpaired) electrons. The number of thiazole rings is 1. The second kappa shape index (κ2) is 5.24. The van der Waals surface area contributed by atoms with Gasteiger partial charge in [-0.1, -0.05) is 15.9 Å². The van der Waals surface area contributed by atoms with Crippen molar-refractivity contribution in [3.8, 4) is 0 Å². The summed E-state index contributed by atoms with van der Waals surface area (Å²) in [6.07, 6.45) is 0. The molecule has 17 heavy (non-hydrogen) atoms. The smallest absolute Gasteiger partial charge is 0.293 e. The number of nitro benzene ring substituents is 1. The van der Waals surface area contributed by atoms with Gasteiger partial charge >= 0.3 is 0 Å². The zero-order valence-corrected chi connectivity index (χ0v) is 11.0. The van der Waals surface area contributed by atoms with Gasteiger partial charge in [0.1, 0.15) is 5.69 Å². The van der Waals surface area contributed by atoms with E-state index in [9.17, 15) is 10.1 Å². The van der Waals surface area contributed by atoms with Crippen LogP contribution in [0.5, 0.6) is 0 Å². The fourth-order valence-corrected chi connectivity index (χ4v) is 2.22. The van der Waals surface area contributed by atoms with Crippen LogP contribution in [0.1, 0.15) is 5.69 Å². The summed E-state index contributed by atoms with van der Waals surface area (Å²) in [7, 11) is 0. The first-order valence-electron chi connectivity index (χ1n) is 4.71. The number of hydrogen-bond donors (Lipinski definition) is 1. The van der Waals surface area contributed by atoms with Crippen LogP contribution in [-0.2, 0) is 6.54 Å². The lowest BCUT2D eigenvalue weighted by Gasteiger charge is -2.05. The fraction of sp³-hybridized carbons (Fsp3) is 0.100. The SMILES string of the molecule is O=[N+]([O-])c1cc(Br)ccc1NCc1cscn1. The Morgan fingerprint density at radius 3 is 3.00 bits per heavy atom. The van der Waals surface area contributed by atoms with Gasteiger partial charge in [0.2, 0.25) is 0 Å². The highest BCUT2D eigenvalue weighted by Gasteiger charge is 2.13. The fourth-order valence-electron chi connectivity index (χ4n) is 1.32. The van der Waals surface area contributed by atoms with Crippen molar-refractivity contribution < 1.29 is 4.92 Å². The van der Waals surface area contributed by atoms with Crippen molar-refractivity contribution in [3.63, 3.8) is 0 Å². The van der Waals surface area contributed by atoms with Gasteiger partial charge in [0.25, 0.3) is 5.69 Å². The Morgan fingerprint density at radius 1 is 1.53 bits per heavy atom. The lowest BCUT2D eigenvalue weighted by atomic mass is 10.2. The van der Waals surface area contributed by atoms with Gasteiger partial charge in [0, 0.05) is 15.9 Å². The molecule has 0 saturated carbocycles. The van der Waals surface area contributed by atoms with Crippen molar-refractivity contribution in [3.05, 3.63) is 49.4 Å². The Hall–Kier alpha value is -1.47. The van der Waals surface area contributed by atoms with E-state index in [1.54, 1.807) is 17.6 Å². The van der Waals surface area contributed by atoms with E-state index in [4.69, 9.17) is 0 Å². The molecule has 0 atom stereocenters. The van der Waals surface area contributed by atoms with E-state index in [1.807, 2.05) is 5.38 Å². The quantitative estimate of drug-likeness (QED) is 0.693. The highest BCUT2D eigenvalue weighted by atomic mass is 79.9. The highest BCUT2D eigenvalue weighted by molar-refractivity contribution is 9.10. The van der Waals surface area contributed by atoms with Crippen LogP contribution >= 0.6 is 27.3 Å². The van der Waals surface area contributed by atoms with Gasteiger partial charge in [-0.05, 0) is 12.1 Å². The summed E-state index contributed by atoms with van der Waals surface area (Å²) in [5.74, 6) is 0. The molecule has 7 heteroatoms. The Bertz CT molecular complexity index is 530. The molecule has 0 aliphatic rings. The largest absolute Gasteiger partial charge is 0.374 e. The van der Waals surface area contributed by atoms with Crippen LogP contribution in [0.15, 0.2) is 33.6 Å². The standard InChI is InChI=1S/C10H8BrN3O2S/c11-7-1-2-9(10(3-7)14(15)16)12-4-8-5-17-6-13-8/h1-3,5-6,12H,4H2. The maximum Gasteiger partial charge on any atom is 0.293 e. The second-order valence-electron chi connectivity index (χ2n) is 3.25. The molecule has 0 unspecified atom stereocenters. The van der Waals surface area contributed by atoms with Crippen molar-refractivity contribution in [2.45, 2.75) is 6.54 Å². The molecule has 0 fully saturated rings. The molecule has 2 rings (SSSR count). The van der Waals surface area contributed by atoms with Crippen molar-refractivity contribution >= 4 is 38.6 Å². The minimum Gasteiger partial charge on any atom is -0.374 e. The van der Waals surface area contributed by atoms with E-state index in [0.29, 0.717) is 16.7 Å². The molecule has 1 heterocycles. The van der Waals surface area contributed by atoms with E-state index in [-0.39, 0.29) is 5.69 Å². The van der Waals surface area contributed by atoms with Gasteiger partial charge in [-0.2, -0.15) is 0 Å². The Labute approximate surface area is 110 Å². The van der Waals surface area contributed by atoms with E-state index in [2.05, 4.69) is 26.2 Å². The summed E-state index contributed by atoms with van der Waals surface area (Å²) in [4.78, 5) is 14.6. The van der Waals surface area contributed by atoms with Crippen LogP contribution in [-0.4, -0.2) is 9.91 Å². The number of benzene rings is 1. The average Bonchev–Trinajstić information content (AvgIpc) is 2.80. The van der Waals surface area contributed by atoms with Crippen LogP contribution in [0, 0.1) is 10.1 Å². The third kappa shape index (κ3) is 3.01. The topological polar surface area (TPSA) is 68.1 Å². The van der Waals surface area contributed by atoms with Gasteiger partial charge in [-0.3, -0.25) is 10.1 Å². The number of nitro groups is 1. The predicted octanol–water partition coefficient (Wildman–Crippen LogP) is 3.43. The lowest BCUT2D eigenvalue weighted by molar-refractivity contribution is -0.384. The number of halogens is 1. The molecule has 1 aromatic heterocycles. The first kappa shape index (κ1) is 12.0. The van der Waals surface area contributed by atoms with Gasteiger partial charge in [-0.15, -0.1) is 11.3 Å². The number of nitrogens with zero attached hydrogens (tertiary/aromatic N) is 2. The average molecular weight is 314 g/mol. The molecule has 0 aliphatic carbocycles. The van der Waals surface area contributed by atoms with Crippen LogP contribution in [0.2, 0.25) is 0 Å². The molecule has 1 aromatic carbocycles. The van der Waals surface area contributed by atoms with Crippen molar-refractivity contribution in [2.75, 3.05) is 5.32 Å². The Kier molecular flexibility index (Phi) is 3.70. The third-order valence-electron chi connectivity index (χ3n) is 2.10. The molecule has 0 aliphatic heterocycles. The van der Waals surface area contributed by atoms with Crippen LogP contribution in [0.4, 0.5) is 11.4 Å². The van der Waals surface area contributed by atoms with E-state index in [0.717, 1.165) is 5.69 Å². The van der Waals surface area contributed by atoms with Crippen LogP contribution in [0.3, 0.4) is 0 Å². The minimum absolute atomic E-state index is 0.0506. The predicted molar refractivity (Wildman–Crippen MR) is 70.2 cm³/mol. The van der Waals surface area contributed by atoms with Gasteiger partial charge in [-0.25, -0.2) is 4.98 Å². The molecular weight excluding hydrogens is 306 g/mol. The molecule has 0 amide bonds. The van der Waals surface area contributed by atoms with E-state index >= 15 is 0 Å². The summed E-state index contributed by atoms with van der Waals surface area (Å²) in [5.41, 5.74) is 3.14. The van der Waals surface area contributed by atoms with Gasteiger partial charge < -0.3 is 5.32 Å². The summed E-state index contributed by atoms with van der Waals surface area (Å²) >= 11 is 4.71. The Balaban J connectivity index is 2.17. The van der Waals surface area contributed by atoms with Crippen molar-refractivity contribution in [1.29, 1.82) is 0 Å². The van der Waals surface area contributed by atoms with E-state index in [1.165, 1.54) is 17.4 Å². The maximum atomic E-state index is 10.9. The number of anilines is 1. The molecular formula is C10H8BrN3O2S. The molecule has 0 saturated heterocycles. The second-order valence-corrected chi connectivity index (χ2v) is 4.89. The van der Waals surface area contributed by atoms with Crippen molar-refractivity contribution in [2.24, 2.45) is 0 Å². The normalized spacial score (nSPS) is 10.2. The molecule has 1 N–H and O–H groups in total. The zero-order chi connectivity index (χ0) is 12.3. The number of rotatable bonds is 4.